The lowest BCUT2D eigenvalue weighted by Gasteiger charge is -2.34. The average Bonchev–Trinajstić information content (AvgIpc) is 3.28. The van der Waals surface area contributed by atoms with Crippen LogP contribution in [0.1, 0.15) is 16.7 Å². The van der Waals surface area contributed by atoms with E-state index in [1.807, 2.05) is 17.5 Å². The van der Waals surface area contributed by atoms with E-state index in [-0.39, 0.29) is 11.9 Å². The number of rotatable bonds is 5. The Labute approximate surface area is 149 Å². The van der Waals surface area contributed by atoms with E-state index in [1.165, 1.54) is 0 Å². The summed E-state index contributed by atoms with van der Waals surface area (Å²) in [6.45, 7) is 4.98. The molecule has 8 nitrogen and oxygen atoms in total. The molecule has 1 atom stereocenters. The SMILES string of the molecule is Cc1cc(NC(=O)C(=O)NC[C@H](c2cccs2)N2CCOCC2)no1. The molecular weight excluding hydrogens is 344 g/mol. The van der Waals surface area contributed by atoms with Crippen molar-refractivity contribution in [2.24, 2.45) is 0 Å². The average molecular weight is 364 g/mol. The molecule has 1 fully saturated rings. The first-order valence-corrected chi connectivity index (χ1v) is 8.89. The van der Waals surface area contributed by atoms with Crippen LogP contribution in [0.3, 0.4) is 0 Å². The molecule has 0 bridgehead atoms. The number of carbonyl (C=O) groups is 2. The van der Waals surface area contributed by atoms with Gasteiger partial charge in [-0.05, 0) is 18.4 Å². The van der Waals surface area contributed by atoms with Gasteiger partial charge in [-0.25, -0.2) is 0 Å². The number of amides is 2. The van der Waals surface area contributed by atoms with Gasteiger partial charge in [0.15, 0.2) is 5.82 Å². The first kappa shape index (κ1) is 17.6. The summed E-state index contributed by atoms with van der Waals surface area (Å²) >= 11 is 1.63. The third kappa shape index (κ3) is 4.65. The van der Waals surface area contributed by atoms with Gasteiger partial charge < -0.3 is 14.6 Å². The van der Waals surface area contributed by atoms with Crippen LogP contribution in [0.2, 0.25) is 0 Å². The third-order valence-corrected chi connectivity index (χ3v) is 4.86. The molecule has 3 heterocycles. The molecule has 0 saturated carbocycles. The van der Waals surface area contributed by atoms with E-state index in [2.05, 4.69) is 20.7 Å². The van der Waals surface area contributed by atoms with Crippen molar-refractivity contribution in [1.29, 1.82) is 0 Å². The maximum Gasteiger partial charge on any atom is 0.314 e. The van der Waals surface area contributed by atoms with E-state index in [4.69, 9.17) is 9.26 Å². The van der Waals surface area contributed by atoms with E-state index in [9.17, 15) is 9.59 Å². The van der Waals surface area contributed by atoms with Crippen molar-refractivity contribution >= 4 is 29.0 Å². The van der Waals surface area contributed by atoms with Gasteiger partial charge >= 0.3 is 11.8 Å². The smallest absolute Gasteiger partial charge is 0.314 e. The minimum absolute atomic E-state index is 0.0231. The Morgan fingerprint density at radius 2 is 2.16 bits per heavy atom. The van der Waals surface area contributed by atoms with Crippen molar-refractivity contribution in [1.82, 2.24) is 15.4 Å². The maximum atomic E-state index is 12.1. The molecule has 0 spiro atoms. The highest BCUT2D eigenvalue weighted by molar-refractivity contribution is 7.10. The molecule has 1 aliphatic rings. The van der Waals surface area contributed by atoms with Crippen LogP contribution in [0.25, 0.3) is 0 Å². The third-order valence-electron chi connectivity index (χ3n) is 3.89. The predicted octanol–water partition coefficient (Wildman–Crippen LogP) is 1.17. The van der Waals surface area contributed by atoms with Gasteiger partial charge in [-0.3, -0.25) is 19.8 Å². The summed E-state index contributed by atoms with van der Waals surface area (Å²) in [6, 6.07) is 5.59. The maximum absolute atomic E-state index is 12.1. The molecule has 9 heteroatoms. The van der Waals surface area contributed by atoms with Gasteiger partial charge in [-0.2, -0.15) is 0 Å². The molecule has 0 aromatic carbocycles. The summed E-state index contributed by atoms with van der Waals surface area (Å²) in [4.78, 5) is 27.5. The predicted molar refractivity (Wildman–Crippen MR) is 92.3 cm³/mol. The van der Waals surface area contributed by atoms with Gasteiger partial charge in [0.2, 0.25) is 0 Å². The monoisotopic (exact) mass is 364 g/mol. The number of thiophene rings is 1. The molecule has 134 valence electrons. The number of hydrogen-bond donors (Lipinski definition) is 2. The quantitative estimate of drug-likeness (QED) is 0.773. The number of aryl methyl sites for hydroxylation is 1. The van der Waals surface area contributed by atoms with Gasteiger partial charge in [0.05, 0.1) is 19.3 Å². The highest BCUT2D eigenvalue weighted by Gasteiger charge is 2.25. The summed E-state index contributed by atoms with van der Waals surface area (Å²) in [7, 11) is 0. The molecule has 2 amide bonds. The second-order valence-electron chi connectivity index (χ2n) is 5.67. The molecule has 1 aliphatic heterocycles. The highest BCUT2D eigenvalue weighted by Crippen LogP contribution is 2.25. The second-order valence-corrected chi connectivity index (χ2v) is 6.65. The van der Waals surface area contributed by atoms with Gasteiger partial charge in [0.1, 0.15) is 5.76 Å². The number of morpholine rings is 1. The lowest BCUT2D eigenvalue weighted by atomic mass is 10.2. The van der Waals surface area contributed by atoms with Crippen molar-refractivity contribution in [3.8, 4) is 0 Å². The Morgan fingerprint density at radius 1 is 1.36 bits per heavy atom. The number of carbonyl (C=O) groups excluding carboxylic acids is 2. The zero-order valence-corrected chi connectivity index (χ0v) is 14.7. The number of ether oxygens (including phenoxy) is 1. The van der Waals surface area contributed by atoms with Gasteiger partial charge in [0.25, 0.3) is 0 Å². The zero-order valence-electron chi connectivity index (χ0n) is 13.9. The van der Waals surface area contributed by atoms with Crippen LogP contribution >= 0.6 is 11.3 Å². The summed E-state index contributed by atoms with van der Waals surface area (Å²) < 4.78 is 10.3. The summed E-state index contributed by atoms with van der Waals surface area (Å²) in [5.41, 5.74) is 0. The van der Waals surface area contributed by atoms with E-state index >= 15 is 0 Å². The molecule has 0 aliphatic carbocycles. The summed E-state index contributed by atoms with van der Waals surface area (Å²) in [6.07, 6.45) is 0. The Bertz CT molecular complexity index is 710. The van der Waals surface area contributed by atoms with Crippen LogP contribution in [0.15, 0.2) is 28.1 Å². The van der Waals surface area contributed by atoms with E-state index < -0.39 is 11.8 Å². The fourth-order valence-electron chi connectivity index (χ4n) is 2.65. The number of anilines is 1. The standard InChI is InChI=1S/C16H20N4O4S/c1-11-9-14(19-24-11)18-16(22)15(21)17-10-12(13-3-2-8-25-13)20-4-6-23-7-5-20/h2-3,8-9,12H,4-7,10H2,1H3,(H,17,21)(H,18,19,22)/t12-/m1/s1. The van der Waals surface area contributed by atoms with E-state index in [0.717, 1.165) is 18.0 Å². The number of nitrogens with one attached hydrogen (secondary N) is 2. The first-order valence-electron chi connectivity index (χ1n) is 8.01. The van der Waals surface area contributed by atoms with E-state index in [0.29, 0.717) is 25.5 Å². The number of hydrogen-bond acceptors (Lipinski definition) is 7. The normalized spacial score (nSPS) is 16.4. The molecule has 0 radical (unpaired) electrons. The fraction of sp³-hybridized carbons (Fsp3) is 0.438. The van der Waals surface area contributed by atoms with Crippen LogP contribution < -0.4 is 10.6 Å². The minimum Gasteiger partial charge on any atom is -0.379 e. The van der Waals surface area contributed by atoms with Crippen LogP contribution in [0.4, 0.5) is 5.82 Å². The van der Waals surface area contributed by atoms with Gasteiger partial charge in [-0.1, -0.05) is 11.2 Å². The minimum atomic E-state index is -0.764. The Hall–Kier alpha value is -2.23. The van der Waals surface area contributed by atoms with Crippen molar-refractivity contribution in [2.75, 3.05) is 38.2 Å². The van der Waals surface area contributed by atoms with Crippen molar-refractivity contribution in [3.63, 3.8) is 0 Å². The van der Waals surface area contributed by atoms with Crippen LogP contribution in [-0.4, -0.2) is 54.7 Å². The van der Waals surface area contributed by atoms with Crippen molar-refractivity contribution < 1.29 is 18.8 Å². The Balaban J connectivity index is 1.58. The highest BCUT2D eigenvalue weighted by atomic mass is 32.1. The molecule has 1 saturated heterocycles. The van der Waals surface area contributed by atoms with Crippen molar-refractivity contribution in [3.05, 3.63) is 34.2 Å². The van der Waals surface area contributed by atoms with E-state index in [1.54, 1.807) is 24.3 Å². The molecule has 2 aromatic heterocycles. The lowest BCUT2D eigenvalue weighted by Crippen LogP contribution is -2.45. The van der Waals surface area contributed by atoms with Crippen LogP contribution in [0, 0.1) is 6.92 Å². The molecule has 2 N–H and O–H groups in total. The Kier molecular flexibility index (Phi) is 5.79. The second kappa shape index (κ2) is 8.24. The summed E-state index contributed by atoms with van der Waals surface area (Å²) in [5, 5.41) is 10.8. The van der Waals surface area contributed by atoms with Crippen molar-refractivity contribution in [2.45, 2.75) is 13.0 Å². The molecule has 25 heavy (non-hydrogen) atoms. The molecule has 0 unspecified atom stereocenters. The number of nitrogens with zero attached hydrogens (tertiary/aromatic N) is 2. The van der Waals surface area contributed by atoms with Crippen LogP contribution in [-0.2, 0) is 14.3 Å². The summed E-state index contributed by atoms with van der Waals surface area (Å²) in [5.74, 6) is -0.683. The lowest BCUT2D eigenvalue weighted by molar-refractivity contribution is -0.136. The fourth-order valence-corrected chi connectivity index (χ4v) is 3.51. The zero-order chi connectivity index (χ0) is 17.6. The molecular formula is C16H20N4O4S. The molecule has 3 rings (SSSR count). The Morgan fingerprint density at radius 3 is 2.80 bits per heavy atom. The van der Waals surface area contributed by atoms with Crippen LogP contribution in [0.5, 0.6) is 0 Å². The van der Waals surface area contributed by atoms with Gasteiger partial charge in [0, 0.05) is 30.6 Å². The largest absolute Gasteiger partial charge is 0.379 e. The van der Waals surface area contributed by atoms with Gasteiger partial charge in [-0.15, -0.1) is 11.3 Å². The molecule has 2 aromatic rings. The first-order chi connectivity index (χ1) is 12.1. The number of aromatic nitrogens is 1. The topological polar surface area (TPSA) is 96.7 Å².